The van der Waals surface area contributed by atoms with Crippen LogP contribution in [-0.4, -0.2) is 0 Å². The Labute approximate surface area is 75.6 Å². The lowest BCUT2D eigenvalue weighted by Gasteiger charge is -2.04. The van der Waals surface area contributed by atoms with Crippen molar-refractivity contribution in [2.75, 3.05) is 0 Å². The molecule has 0 radical (unpaired) electrons. The van der Waals surface area contributed by atoms with Gasteiger partial charge in [-0.05, 0) is 36.6 Å². The lowest BCUT2D eigenvalue weighted by molar-refractivity contribution is 1.31. The number of nitrogens with zero attached hydrogens (tertiary/aromatic N) is 3. The smallest absolute Gasteiger partial charge is 0.0448 e. The summed E-state index contributed by atoms with van der Waals surface area (Å²) in [5.74, 6) is 0. The maximum Gasteiger partial charge on any atom is 0.0448 e. The Kier molecular flexibility index (Phi) is 2.58. The van der Waals surface area contributed by atoms with Crippen LogP contribution in [0.15, 0.2) is 17.2 Å². The molecule has 1 aromatic rings. The van der Waals surface area contributed by atoms with Gasteiger partial charge in [-0.15, -0.1) is 0 Å². The molecule has 0 saturated heterocycles. The molecule has 0 unspecified atom stereocenters. The Morgan fingerprint density at radius 1 is 1.42 bits per heavy atom. The quantitative estimate of drug-likeness (QED) is 0.359. The third-order valence-corrected chi connectivity index (χ3v) is 2.12. The summed E-state index contributed by atoms with van der Waals surface area (Å²) in [6, 6.07) is 3.63. The average Bonchev–Trinajstić information content (AvgIpc) is 2.06. The monoisotopic (exact) mass is 181 g/mol. The molecule has 0 heterocycles. The molecular weight excluding hydrogens is 174 g/mol. The van der Waals surface area contributed by atoms with Crippen LogP contribution in [0.5, 0.6) is 0 Å². The van der Waals surface area contributed by atoms with Crippen molar-refractivity contribution in [3.63, 3.8) is 0 Å². The molecule has 0 N–H and O–H groups in total. The van der Waals surface area contributed by atoms with Crippen molar-refractivity contribution < 1.29 is 0 Å². The Balaban J connectivity index is 3.42. The fraction of sp³-hybridized carbons (Fsp3) is 0.250. The fourth-order valence-electron chi connectivity index (χ4n) is 1.01. The third-order valence-electron chi connectivity index (χ3n) is 1.71. The van der Waals surface area contributed by atoms with Crippen LogP contribution in [0.4, 0.5) is 5.69 Å². The molecule has 0 fully saturated rings. The molecule has 12 heavy (non-hydrogen) atoms. The molecule has 0 spiro atoms. The highest BCUT2D eigenvalue weighted by Crippen LogP contribution is 2.29. The van der Waals surface area contributed by atoms with E-state index in [1.54, 1.807) is 6.07 Å². The average molecular weight is 182 g/mol. The summed E-state index contributed by atoms with van der Waals surface area (Å²) in [6.07, 6.45) is 0. The van der Waals surface area contributed by atoms with Crippen molar-refractivity contribution in [1.29, 1.82) is 0 Å². The van der Waals surface area contributed by atoms with Gasteiger partial charge in [0.1, 0.15) is 0 Å². The maximum atomic E-state index is 8.27. The van der Waals surface area contributed by atoms with Crippen molar-refractivity contribution >= 4 is 17.3 Å². The van der Waals surface area contributed by atoms with Crippen molar-refractivity contribution in [2.24, 2.45) is 5.11 Å². The normalized spacial score (nSPS) is 9.25. The number of hydrogen-bond donors (Lipinski definition) is 0. The molecule has 0 saturated carbocycles. The van der Waals surface area contributed by atoms with Crippen molar-refractivity contribution in [3.05, 3.63) is 38.7 Å². The number of rotatable bonds is 1. The van der Waals surface area contributed by atoms with Gasteiger partial charge in [0.2, 0.25) is 0 Å². The molecule has 0 bridgehead atoms. The van der Waals surface area contributed by atoms with Gasteiger partial charge < -0.3 is 0 Å². The van der Waals surface area contributed by atoms with Gasteiger partial charge in [0, 0.05) is 15.6 Å². The molecule has 0 aromatic heterocycles. The molecule has 3 nitrogen and oxygen atoms in total. The van der Waals surface area contributed by atoms with E-state index in [0.717, 1.165) is 11.1 Å². The molecule has 1 rings (SSSR count). The molecule has 0 atom stereocenters. The van der Waals surface area contributed by atoms with E-state index in [9.17, 15) is 0 Å². The molecule has 0 amide bonds. The molecule has 62 valence electrons. The summed E-state index contributed by atoms with van der Waals surface area (Å²) in [4.78, 5) is 2.74. The van der Waals surface area contributed by atoms with Crippen molar-refractivity contribution in [2.45, 2.75) is 13.8 Å². The second-order valence-electron chi connectivity index (χ2n) is 2.53. The molecule has 4 heteroatoms. The second kappa shape index (κ2) is 3.48. The standard InChI is InChI=1S/C8H8ClN3/c1-5-3-4-7(9)6(2)8(5)11-12-10/h3-4H,1-2H3. The van der Waals surface area contributed by atoms with E-state index >= 15 is 0 Å². The Hall–Kier alpha value is -1.18. The number of benzene rings is 1. The highest BCUT2D eigenvalue weighted by Gasteiger charge is 2.02. The molecule has 1 aromatic carbocycles. The zero-order valence-electron chi connectivity index (χ0n) is 6.87. The minimum absolute atomic E-state index is 0.628. The minimum Gasteiger partial charge on any atom is -0.0840 e. The van der Waals surface area contributed by atoms with E-state index in [1.807, 2.05) is 19.9 Å². The fourth-order valence-corrected chi connectivity index (χ4v) is 1.16. The predicted octanol–water partition coefficient (Wildman–Crippen LogP) is 3.90. The van der Waals surface area contributed by atoms with Crippen molar-refractivity contribution in [3.8, 4) is 0 Å². The largest absolute Gasteiger partial charge is 0.0840 e. The van der Waals surface area contributed by atoms with Crippen LogP contribution in [0.25, 0.3) is 10.4 Å². The molecular formula is C8H8ClN3. The first-order valence-corrected chi connectivity index (χ1v) is 3.85. The second-order valence-corrected chi connectivity index (χ2v) is 2.93. The zero-order chi connectivity index (χ0) is 9.14. The van der Waals surface area contributed by atoms with Gasteiger partial charge in [0.15, 0.2) is 0 Å². The first-order valence-electron chi connectivity index (χ1n) is 3.47. The highest BCUT2D eigenvalue weighted by atomic mass is 35.5. The van der Waals surface area contributed by atoms with Crippen LogP contribution in [0.3, 0.4) is 0 Å². The number of halogens is 1. The van der Waals surface area contributed by atoms with Crippen LogP contribution >= 0.6 is 11.6 Å². The van der Waals surface area contributed by atoms with E-state index < -0.39 is 0 Å². The zero-order valence-corrected chi connectivity index (χ0v) is 7.63. The van der Waals surface area contributed by atoms with E-state index in [4.69, 9.17) is 17.1 Å². The maximum absolute atomic E-state index is 8.27. The SMILES string of the molecule is Cc1ccc(Cl)c(C)c1N=[N+]=[N-]. The van der Waals surface area contributed by atoms with Gasteiger partial charge in [-0.1, -0.05) is 22.8 Å². The van der Waals surface area contributed by atoms with Crippen LogP contribution in [0.1, 0.15) is 11.1 Å². The first-order chi connectivity index (χ1) is 5.66. The van der Waals surface area contributed by atoms with E-state index in [1.165, 1.54) is 0 Å². The van der Waals surface area contributed by atoms with Crippen LogP contribution in [-0.2, 0) is 0 Å². The molecule has 0 aliphatic rings. The van der Waals surface area contributed by atoms with Crippen molar-refractivity contribution in [1.82, 2.24) is 0 Å². The van der Waals surface area contributed by atoms with E-state index in [0.29, 0.717) is 10.7 Å². The summed E-state index contributed by atoms with van der Waals surface area (Å²) in [5.41, 5.74) is 10.7. The van der Waals surface area contributed by atoms with Gasteiger partial charge in [-0.3, -0.25) is 0 Å². The number of hydrogen-bond acceptors (Lipinski definition) is 1. The third kappa shape index (κ3) is 1.52. The summed E-state index contributed by atoms with van der Waals surface area (Å²) >= 11 is 5.84. The topological polar surface area (TPSA) is 48.8 Å². The Morgan fingerprint density at radius 3 is 2.67 bits per heavy atom. The minimum atomic E-state index is 0.628. The summed E-state index contributed by atoms with van der Waals surface area (Å²) < 4.78 is 0. The Morgan fingerprint density at radius 2 is 2.08 bits per heavy atom. The summed E-state index contributed by atoms with van der Waals surface area (Å²) in [5, 5.41) is 4.19. The van der Waals surface area contributed by atoms with E-state index in [-0.39, 0.29) is 0 Å². The predicted molar refractivity (Wildman–Crippen MR) is 49.7 cm³/mol. The first kappa shape index (κ1) is 8.91. The molecule has 0 aliphatic heterocycles. The van der Waals surface area contributed by atoms with Crippen LogP contribution in [0.2, 0.25) is 5.02 Å². The van der Waals surface area contributed by atoms with Crippen LogP contribution in [0, 0.1) is 13.8 Å². The van der Waals surface area contributed by atoms with Crippen LogP contribution < -0.4 is 0 Å². The molecule has 0 aliphatic carbocycles. The summed E-state index contributed by atoms with van der Waals surface area (Å²) in [6.45, 7) is 3.71. The van der Waals surface area contributed by atoms with E-state index in [2.05, 4.69) is 10.0 Å². The number of azide groups is 1. The van der Waals surface area contributed by atoms with Gasteiger partial charge >= 0.3 is 0 Å². The highest BCUT2D eigenvalue weighted by molar-refractivity contribution is 6.31. The summed E-state index contributed by atoms with van der Waals surface area (Å²) in [7, 11) is 0. The lowest BCUT2D eigenvalue weighted by atomic mass is 10.1. The Bertz CT molecular complexity index is 354. The van der Waals surface area contributed by atoms with Gasteiger partial charge in [-0.2, -0.15) is 0 Å². The lowest BCUT2D eigenvalue weighted by Crippen LogP contribution is -1.80. The number of aryl methyl sites for hydroxylation is 1. The van der Waals surface area contributed by atoms with Gasteiger partial charge in [0.25, 0.3) is 0 Å². The van der Waals surface area contributed by atoms with Gasteiger partial charge in [-0.25, -0.2) is 0 Å². The van der Waals surface area contributed by atoms with Gasteiger partial charge in [0.05, 0.1) is 0 Å².